The largest absolute Gasteiger partial charge is 0.356 e. The lowest BCUT2D eigenvalue weighted by Crippen LogP contribution is -2.27. The fourth-order valence-corrected chi connectivity index (χ4v) is 1.96. The molecule has 0 fully saturated rings. The second kappa shape index (κ2) is 6.83. The number of nitrogens with one attached hydrogen (secondary N) is 1. The van der Waals surface area contributed by atoms with Crippen molar-refractivity contribution in [3.63, 3.8) is 0 Å². The topological polar surface area (TPSA) is 85.8 Å². The van der Waals surface area contributed by atoms with Crippen molar-refractivity contribution < 1.29 is 9.42 Å². The standard InChI is InChI=1S/C13H19N5O2/c1-3-12-14-6-8-18(12)7-4-5-15-13(19)9-11-10(2)16-20-17-11/h6,8H,3-5,7,9H2,1-2H3,(H,15,19). The van der Waals surface area contributed by atoms with Gasteiger partial charge in [-0.05, 0) is 13.3 Å². The van der Waals surface area contributed by atoms with E-state index in [9.17, 15) is 4.79 Å². The van der Waals surface area contributed by atoms with Gasteiger partial charge in [-0.3, -0.25) is 4.79 Å². The van der Waals surface area contributed by atoms with Gasteiger partial charge in [0.15, 0.2) is 0 Å². The number of aryl methyl sites for hydroxylation is 3. The zero-order valence-electron chi connectivity index (χ0n) is 11.8. The van der Waals surface area contributed by atoms with Crippen LogP contribution in [0.2, 0.25) is 0 Å². The summed E-state index contributed by atoms with van der Waals surface area (Å²) in [6.07, 6.45) is 5.76. The Morgan fingerprint density at radius 2 is 2.30 bits per heavy atom. The molecular weight excluding hydrogens is 258 g/mol. The number of amides is 1. The Balaban J connectivity index is 1.68. The van der Waals surface area contributed by atoms with Crippen molar-refractivity contribution in [2.45, 2.75) is 39.7 Å². The first-order valence-electron chi connectivity index (χ1n) is 6.75. The molecule has 2 heterocycles. The Morgan fingerprint density at radius 1 is 1.45 bits per heavy atom. The highest BCUT2D eigenvalue weighted by atomic mass is 16.6. The van der Waals surface area contributed by atoms with Gasteiger partial charge in [0.2, 0.25) is 5.91 Å². The number of aromatic nitrogens is 4. The van der Waals surface area contributed by atoms with Crippen LogP contribution in [0.3, 0.4) is 0 Å². The molecule has 7 nitrogen and oxygen atoms in total. The van der Waals surface area contributed by atoms with E-state index in [-0.39, 0.29) is 12.3 Å². The molecule has 0 radical (unpaired) electrons. The van der Waals surface area contributed by atoms with Gasteiger partial charge in [0, 0.05) is 31.9 Å². The minimum Gasteiger partial charge on any atom is -0.356 e. The Hall–Kier alpha value is -2.18. The maximum absolute atomic E-state index is 11.7. The number of rotatable bonds is 7. The Labute approximate surface area is 117 Å². The summed E-state index contributed by atoms with van der Waals surface area (Å²) in [5.41, 5.74) is 1.25. The van der Waals surface area contributed by atoms with Gasteiger partial charge in [0.1, 0.15) is 17.2 Å². The van der Waals surface area contributed by atoms with E-state index in [0.717, 1.165) is 25.2 Å². The minimum atomic E-state index is -0.0647. The highest BCUT2D eigenvalue weighted by Crippen LogP contribution is 2.02. The van der Waals surface area contributed by atoms with Gasteiger partial charge < -0.3 is 9.88 Å². The highest BCUT2D eigenvalue weighted by Gasteiger charge is 2.10. The maximum atomic E-state index is 11.7. The molecule has 0 atom stereocenters. The predicted octanol–water partition coefficient (Wildman–Crippen LogP) is 0.886. The van der Waals surface area contributed by atoms with E-state index < -0.39 is 0 Å². The van der Waals surface area contributed by atoms with Gasteiger partial charge in [-0.25, -0.2) is 9.61 Å². The van der Waals surface area contributed by atoms with Crippen LogP contribution in [0.5, 0.6) is 0 Å². The first-order valence-corrected chi connectivity index (χ1v) is 6.75. The van der Waals surface area contributed by atoms with Crippen molar-refractivity contribution in [1.82, 2.24) is 25.2 Å². The van der Waals surface area contributed by atoms with Crippen molar-refractivity contribution in [3.8, 4) is 0 Å². The van der Waals surface area contributed by atoms with E-state index in [1.807, 2.05) is 6.20 Å². The van der Waals surface area contributed by atoms with E-state index in [1.54, 1.807) is 13.1 Å². The Bertz CT molecular complexity index is 561. The lowest BCUT2D eigenvalue weighted by Gasteiger charge is -2.07. The molecule has 0 aliphatic heterocycles. The van der Waals surface area contributed by atoms with Crippen LogP contribution in [0.1, 0.15) is 30.6 Å². The monoisotopic (exact) mass is 277 g/mol. The van der Waals surface area contributed by atoms with Crippen LogP contribution in [0, 0.1) is 6.92 Å². The molecule has 2 rings (SSSR count). The first-order chi connectivity index (χ1) is 9.70. The summed E-state index contributed by atoms with van der Waals surface area (Å²) in [5, 5.41) is 10.2. The molecule has 2 aromatic rings. The average molecular weight is 277 g/mol. The van der Waals surface area contributed by atoms with E-state index >= 15 is 0 Å². The van der Waals surface area contributed by atoms with Gasteiger partial charge in [-0.15, -0.1) is 0 Å². The fraction of sp³-hybridized carbons (Fsp3) is 0.538. The summed E-state index contributed by atoms with van der Waals surface area (Å²) >= 11 is 0. The third kappa shape index (κ3) is 3.66. The van der Waals surface area contributed by atoms with Crippen molar-refractivity contribution in [2.24, 2.45) is 0 Å². The second-order valence-corrected chi connectivity index (χ2v) is 4.57. The summed E-state index contributed by atoms with van der Waals surface area (Å²) in [5.74, 6) is 1.01. The van der Waals surface area contributed by atoms with Crippen molar-refractivity contribution in [3.05, 3.63) is 29.6 Å². The molecular formula is C13H19N5O2. The molecule has 0 spiro atoms. The Morgan fingerprint density at radius 3 is 3.00 bits per heavy atom. The molecule has 2 aromatic heterocycles. The highest BCUT2D eigenvalue weighted by molar-refractivity contribution is 5.78. The van der Waals surface area contributed by atoms with Crippen LogP contribution in [-0.2, 0) is 24.2 Å². The Kier molecular flexibility index (Phi) is 4.86. The summed E-state index contributed by atoms with van der Waals surface area (Å²) in [6.45, 7) is 5.33. The van der Waals surface area contributed by atoms with Gasteiger partial charge in [0.05, 0.1) is 6.42 Å². The van der Waals surface area contributed by atoms with Crippen LogP contribution in [0.15, 0.2) is 17.0 Å². The number of hydrogen-bond acceptors (Lipinski definition) is 5. The maximum Gasteiger partial charge on any atom is 0.226 e. The molecule has 7 heteroatoms. The molecule has 1 N–H and O–H groups in total. The van der Waals surface area contributed by atoms with Crippen LogP contribution >= 0.6 is 0 Å². The number of carbonyl (C=O) groups is 1. The van der Waals surface area contributed by atoms with Gasteiger partial charge in [0.25, 0.3) is 0 Å². The van der Waals surface area contributed by atoms with Gasteiger partial charge >= 0.3 is 0 Å². The molecule has 108 valence electrons. The molecule has 1 amide bonds. The van der Waals surface area contributed by atoms with E-state index in [4.69, 9.17) is 0 Å². The predicted molar refractivity (Wildman–Crippen MR) is 72.0 cm³/mol. The van der Waals surface area contributed by atoms with Gasteiger partial charge in [-0.2, -0.15) is 0 Å². The lowest BCUT2D eigenvalue weighted by molar-refractivity contribution is -0.120. The lowest BCUT2D eigenvalue weighted by atomic mass is 10.2. The SMILES string of the molecule is CCc1nccn1CCCNC(=O)Cc1nonc1C. The number of carbonyl (C=O) groups excluding carboxylic acids is 1. The number of hydrogen-bond donors (Lipinski definition) is 1. The fourth-order valence-electron chi connectivity index (χ4n) is 1.96. The normalized spacial score (nSPS) is 10.7. The van der Waals surface area contributed by atoms with Crippen LogP contribution < -0.4 is 5.32 Å². The zero-order valence-corrected chi connectivity index (χ0v) is 11.8. The van der Waals surface area contributed by atoms with Crippen molar-refractivity contribution in [1.29, 1.82) is 0 Å². The molecule has 0 saturated carbocycles. The molecule has 0 aliphatic rings. The summed E-state index contributed by atoms with van der Waals surface area (Å²) in [7, 11) is 0. The number of nitrogens with zero attached hydrogens (tertiary/aromatic N) is 4. The van der Waals surface area contributed by atoms with Gasteiger partial charge in [-0.1, -0.05) is 17.2 Å². The van der Waals surface area contributed by atoms with Crippen molar-refractivity contribution >= 4 is 5.91 Å². The minimum absolute atomic E-state index is 0.0647. The molecule has 0 unspecified atom stereocenters. The van der Waals surface area contributed by atoms with E-state index in [2.05, 4.69) is 36.7 Å². The quantitative estimate of drug-likeness (QED) is 0.759. The molecule has 20 heavy (non-hydrogen) atoms. The van der Waals surface area contributed by atoms with Crippen molar-refractivity contribution in [2.75, 3.05) is 6.54 Å². The smallest absolute Gasteiger partial charge is 0.226 e. The van der Waals surface area contributed by atoms with E-state index in [0.29, 0.717) is 17.9 Å². The van der Waals surface area contributed by atoms with Crippen LogP contribution in [0.25, 0.3) is 0 Å². The summed E-state index contributed by atoms with van der Waals surface area (Å²) in [4.78, 5) is 16.0. The third-order valence-corrected chi connectivity index (χ3v) is 3.09. The first kappa shape index (κ1) is 14.2. The van der Waals surface area contributed by atoms with Crippen LogP contribution in [0.4, 0.5) is 0 Å². The third-order valence-electron chi connectivity index (χ3n) is 3.09. The average Bonchev–Trinajstić information content (AvgIpc) is 3.04. The molecule has 0 aliphatic carbocycles. The molecule has 0 aromatic carbocycles. The van der Waals surface area contributed by atoms with Crippen LogP contribution in [-0.4, -0.2) is 32.3 Å². The zero-order chi connectivity index (χ0) is 14.4. The summed E-state index contributed by atoms with van der Waals surface area (Å²) < 4.78 is 6.66. The molecule has 0 bridgehead atoms. The van der Waals surface area contributed by atoms with E-state index in [1.165, 1.54) is 0 Å². The second-order valence-electron chi connectivity index (χ2n) is 4.57. The summed E-state index contributed by atoms with van der Waals surface area (Å²) in [6, 6.07) is 0. The number of imidazole rings is 1. The molecule has 0 saturated heterocycles.